The lowest BCUT2D eigenvalue weighted by atomic mass is 10.2. The summed E-state index contributed by atoms with van der Waals surface area (Å²) in [5.41, 5.74) is 0.943. The number of methoxy groups -OCH3 is 1. The fourth-order valence-electron chi connectivity index (χ4n) is 1.87. The van der Waals surface area contributed by atoms with Gasteiger partial charge < -0.3 is 14.7 Å². The van der Waals surface area contributed by atoms with Crippen LogP contribution < -0.4 is 4.74 Å². The number of benzene rings is 1. The molecule has 4 heteroatoms. The second-order valence-electron chi connectivity index (χ2n) is 4.49. The SMILES string of the molecule is COc1ccc(CN(C)CCCCCO)cc1F. The number of hydrogen-bond acceptors (Lipinski definition) is 3. The molecular weight excluding hydrogens is 233 g/mol. The summed E-state index contributed by atoms with van der Waals surface area (Å²) < 4.78 is 18.4. The Bertz CT molecular complexity index is 358. The van der Waals surface area contributed by atoms with Crippen molar-refractivity contribution in [2.45, 2.75) is 25.8 Å². The largest absolute Gasteiger partial charge is 0.494 e. The van der Waals surface area contributed by atoms with Crippen LogP contribution >= 0.6 is 0 Å². The molecule has 102 valence electrons. The van der Waals surface area contributed by atoms with E-state index in [0.29, 0.717) is 0 Å². The summed E-state index contributed by atoms with van der Waals surface area (Å²) in [6, 6.07) is 5.06. The lowest BCUT2D eigenvalue weighted by Crippen LogP contribution is -2.19. The average molecular weight is 255 g/mol. The van der Waals surface area contributed by atoms with Gasteiger partial charge in [0.1, 0.15) is 0 Å². The molecule has 1 rings (SSSR count). The van der Waals surface area contributed by atoms with Crippen molar-refractivity contribution < 1.29 is 14.2 Å². The summed E-state index contributed by atoms with van der Waals surface area (Å²) in [5.74, 6) is -0.0342. The first kappa shape index (κ1) is 14.9. The second-order valence-corrected chi connectivity index (χ2v) is 4.49. The standard InChI is InChI=1S/C14H22FNO2/c1-16(8-4-3-5-9-17)11-12-6-7-14(18-2)13(15)10-12/h6-7,10,17H,3-5,8-9,11H2,1-2H3. The zero-order chi connectivity index (χ0) is 13.4. The van der Waals surface area contributed by atoms with E-state index in [0.717, 1.165) is 37.9 Å². The third-order valence-corrected chi connectivity index (χ3v) is 2.87. The molecule has 0 aliphatic heterocycles. The first-order valence-corrected chi connectivity index (χ1v) is 6.29. The van der Waals surface area contributed by atoms with Crippen LogP contribution in [-0.2, 0) is 6.54 Å². The molecule has 0 bridgehead atoms. The van der Waals surface area contributed by atoms with E-state index in [1.165, 1.54) is 13.2 Å². The molecule has 0 aliphatic carbocycles. The van der Waals surface area contributed by atoms with Crippen molar-refractivity contribution in [2.24, 2.45) is 0 Å². The average Bonchev–Trinajstić information content (AvgIpc) is 2.35. The Labute approximate surface area is 108 Å². The van der Waals surface area contributed by atoms with E-state index < -0.39 is 0 Å². The highest BCUT2D eigenvalue weighted by Crippen LogP contribution is 2.18. The fraction of sp³-hybridized carbons (Fsp3) is 0.571. The van der Waals surface area contributed by atoms with Crippen LogP contribution in [0.1, 0.15) is 24.8 Å². The third-order valence-electron chi connectivity index (χ3n) is 2.87. The molecular formula is C14H22FNO2. The minimum absolute atomic E-state index is 0.257. The van der Waals surface area contributed by atoms with E-state index in [2.05, 4.69) is 4.90 Å². The lowest BCUT2D eigenvalue weighted by Gasteiger charge is -2.16. The van der Waals surface area contributed by atoms with Gasteiger partial charge in [-0.2, -0.15) is 0 Å². The number of hydrogen-bond donors (Lipinski definition) is 1. The molecule has 0 fully saturated rings. The Morgan fingerprint density at radius 3 is 2.67 bits per heavy atom. The van der Waals surface area contributed by atoms with Crippen LogP contribution in [-0.4, -0.2) is 37.3 Å². The van der Waals surface area contributed by atoms with Gasteiger partial charge in [0.2, 0.25) is 0 Å². The maximum Gasteiger partial charge on any atom is 0.165 e. The van der Waals surface area contributed by atoms with E-state index >= 15 is 0 Å². The van der Waals surface area contributed by atoms with Crippen LogP contribution in [0.5, 0.6) is 5.75 Å². The summed E-state index contributed by atoms with van der Waals surface area (Å²) in [4.78, 5) is 2.15. The van der Waals surface area contributed by atoms with Crippen LogP contribution in [0.25, 0.3) is 0 Å². The van der Waals surface area contributed by atoms with Gasteiger partial charge in [0.25, 0.3) is 0 Å². The summed E-state index contributed by atoms with van der Waals surface area (Å²) in [7, 11) is 3.48. The Kier molecular flexibility index (Phi) is 6.68. The van der Waals surface area contributed by atoms with Gasteiger partial charge in [-0.3, -0.25) is 0 Å². The molecule has 0 aliphatic rings. The van der Waals surface area contributed by atoms with E-state index in [1.807, 2.05) is 13.1 Å². The van der Waals surface area contributed by atoms with Gasteiger partial charge in [-0.1, -0.05) is 6.07 Å². The number of nitrogens with zero attached hydrogens (tertiary/aromatic N) is 1. The Morgan fingerprint density at radius 1 is 1.28 bits per heavy atom. The third kappa shape index (κ3) is 5.02. The predicted molar refractivity (Wildman–Crippen MR) is 70.2 cm³/mol. The van der Waals surface area contributed by atoms with Gasteiger partial charge in [0, 0.05) is 13.2 Å². The Balaban J connectivity index is 2.39. The van der Waals surface area contributed by atoms with Crippen molar-refractivity contribution in [3.8, 4) is 5.75 Å². The summed E-state index contributed by atoms with van der Waals surface area (Å²) in [5, 5.41) is 8.68. The molecule has 0 saturated carbocycles. The monoisotopic (exact) mass is 255 g/mol. The number of halogens is 1. The first-order chi connectivity index (χ1) is 8.67. The first-order valence-electron chi connectivity index (χ1n) is 6.29. The van der Waals surface area contributed by atoms with Crippen molar-refractivity contribution in [2.75, 3.05) is 27.3 Å². The normalized spacial score (nSPS) is 10.9. The highest BCUT2D eigenvalue weighted by Gasteiger charge is 2.05. The highest BCUT2D eigenvalue weighted by atomic mass is 19.1. The second kappa shape index (κ2) is 8.06. The molecule has 0 spiro atoms. The van der Waals surface area contributed by atoms with E-state index in [9.17, 15) is 4.39 Å². The predicted octanol–water partition coefficient (Wildman–Crippen LogP) is 2.43. The van der Waals surface area contributed by atoms with Gasteiger partial charge in [0.15, 0.2) is 11.6 Å². The molecule has 0 aromatic heterocycles. The van der Waals surface area contributed by atoms with Crippen molar-refractivity contribution >= 4 is 0 Å². The molecule has 1 aromatic carbocycles. The molecule has 0 saturated heterocycles. The van der Waals surface area contributed by atoms with Gasteiger partial charge >= 0.3 is 0 Å². The van der Waals surface area contributed by atoms with E-state index in [4.69, 9.17) is 9.84 Å². The number of rotatable bonds is 8. The van der Waals surface area contributed by atoms with Crippen LogP contribution in [0.3, 0.4) is 0 Å². The van der Waals surface area contributed by atoms with Crippen molar-refractivity contribution in [3.63, 3.8) is 0 Å². The molecule has 0 heterocycles. The number of aliphatic hydroxyl groups is 1. The summed E-state index contributed by atoms with van der Waals surface area (Å²) >= 11 is 0. The number of unbranched alkanes of at least 4 members (excludes halogenated alkanes) is 2. The van der Waals surface area contributed by atoms with Crippen molar-refractivity contribution in [3.05, 3.63) is 29.6 Å². The van der Waals surface area contributed by atoms with Gasteiger partial charge in [-0.05, 0) is 50.6 Å². The molecule has 18 heavy (non-hydrogen) atoms. The van der Waals surface area contributed by atoms with E-state index in [1.54, 1.807) is 6.07 Å². The number of ether oxygens (including phenoxy) is 1. The zero-order valence-electron chi connectivity index (χ0n) is 11.2. The van der Waals surface area contributed by atoms with Gasteiger partial charge in [0.05, 0.1) is 7.11 Å². The molecule has 1 aromatic rings. The Hall–Kier alpha value is -1.13. The quantitative estimate of drug-likeness (QED) is 0.724. The molecule has 0 unspecified atom stereocenters. The molecule has 3 nitrogen and oxygen atoms in total. The minimum Gasteiger partial charge on any atom is -0.494 e. The number of aliphatic hydroxyl groups excluding tert-OH is 1. The molecule has 1 N–H and O–H groups in total. The molecule has 0 amide bonds. The van der Waals surface area contributed by atoms with Crippen LogP contribution in [0.4, 0.5) is 4.39 Å². The molecule has 0 atom stereocenters. The molecule has 0 radical (unpaired) electrons. The summed E-state index contributed by atoms with van der Waals surface area (Å²) in [6.45, 7) is 1.93. The highest BCUT2D eigenvalue weighted by molar-refractivity contribution is 5.29. The van der Waals surface area contributed by atoms with Crippen LogP contribution in [0.2, 0.25) is 0 Å². The minimum atomic E-state index is -0.316. The fourth-order valence-corrected chi connectivity index (χ4v) is 1.87. The smallest absolute Gasteiger partial charge is 0.165 e. The zero-order valence-corrected chi connectivity index (χ0v) is 11.2. The van der Waals surface area contributed by atoms with E-state index in [-0.39, 0.29) is 18.2 Å². The maximum atomic E-state index is 13.5. The maximum absolute atomic E-state index is 13.5. The van der Waals surface area contributed by atoms with Crippen LogP contribution in [0.15, 0.2) is 18.2 Å². The topological polar surface area (TPSA) is 32.7 Å². The van der Waals surface area contributed by atoms with Crippen molar-refractivity contribution in [1.29, 1.82) is 0 Å². The van der Waals surface area contributed by atoms with Gasteiger partial charge in [-0.15, -0.1) is 0 Å². The van der Waals surface area contributed by atoms with Crippen molar-refractivity contribution in [1.82, 2.24) is 4.90 Å². The van der Waals surface area contributed by atoms with Gasteiger partial charge in [-0.25, -0.2) is 4.39 Å². The summed E-state index contributed by atoms with van der Waals surface area (Å²) in [6.07, 6.45) is 2.93. The lowest BCUT2D eigenvalue weighted by molar-refractivity contribution is 0.271. The Morgan fingerprint density at radius 2 is 2.06 bits per heavy atom. The van der Waals surface area contributed by atoms with Crippen LogP contribution in [0, 0.1) is 5.82 Å².